The molecule has 0 bridgehead atoms. The fraction of sp³-hybridized carbons (Fsp3) is 0.375. The third kappa shape index (κ3) is 2.87. The van der Waals surface area contributed by atoms with Gasteiger partial charge in [0.1, 0.15) is 0 Å². The van der Waals surface area contributed by atoms with Crippen LogP contribution in [-0.2, 0) is 11.3 Å². The number of benzene rings is 1. The molecule has 0 saturated carbocycles. The van der Waals surface area contributed by atoms with Crippen LogP contribution in [0.1, 0.15) is 19.5 Å². The topological polar surface area (TPSA) is 45.2 Å². The Morgan fingerprint density at radius 2 is 2.14 bits per heavy atom. The van der Waals surface area contributed by atoms with E-state index in [-0.39, 0.29) is 18.0 Å². The lowest BCUT2D eigenvalue weighted by molar-refractivity contribution is -0.137. The lowest BCUT2D eigenvalue weighted by Gasteiger charge is -2.35. The Hall–Kier alpha value is -1.65. The third-order valence-corrected chi connectivity index (χ3v) is 4.10. The van der Waals surface area contributed by atoms with Crippen LogP contribution in [-0.4, -0.2) is 34.4 Å². The summed E-state index contributed by atoms with van der Waals surface area (Å²) in [6, 6.07) is 9.77. The molecule has 1 aliphatic heterocycles. The first-order valence-corrected chi connectivity index (χ1v) is 7.51. The number of carbonyl (C=O) groups excluding carboxylic acids is 1. The summed E-state index contributed by atoms with van der Waals surface area (Å²) >= 11 is 6.32. The first-order valence-electron chi connectivity index (χ1n) is 7.13. The lowest BCUT2D eigenvalue weighted by atomic mass is 10.1. The van der Waals surface area contributed by atoms with E-state index in [9.17, 15) is 4.79 Å². The summed E-state index contributed by atoms with van der Waals surface area (Å²) in [5.41, 5.74) is 1.69. The van der Waals surface area contributed by atoms with Gasteiger partial charge >= 0.3 is 0 Å². The second-order valence-electron chi connectivity index (χ2n) is 5.62. The molecule has 1 saturated heterocycles. The summed E-state index contributed by atoms with van der Waals surface area (Å²) in [4.78, 5) is 18.7. The molecule has 5 heteroatoms. The first-order chi connectivity index (χ1) is 10.0. The van der Waals surface area contributed by atoms with Crippen molar-refractivity contribution in [2.45, 2.75) is 32.5 Å². The van der Waals surface area contributed by atoms with E-state index in [0.717, 1.165) is 16.6 Å². The number of rotatable bonds is 2. The molecule has 1 aliphatic rings. The molecule has 2 aromatic rings. The van der Waals surface area contributed by atoms with Gasteiger partial charge in [0.2, 0.25) is 5.91 Å². The van der Waals surface area contributed by atoms with E-state index in [1.807, 2.05) is 42.2 Å². The Bertz CT molecular complexity index is 688. The number of hydrogen-bond donors (Lipinski definition) is 1. The number of para-hydroxylation sites is 1. The second kappa shape index (κ2) is 5.62. The molecule has 0 unspecified atom stereocenters. The van der Waals surface area contributed by atoms with Gasteiger partial charge in [-0.25, -0.2) is 0 Å². The van der Waals surface area contributed by atoms with E-state index in [2.05, 4.69) is 17.2 Å². The standard InChI is InChI=1S/C16H18ClN3O/c1-10-8-20(16(21)11(2)18-10)9-12-7-14(17)13-5-3-4-6-15(13)19-12/h3-7,10-11,18H,8-9H2,1-2H3/t10-,11-/m0/s1. The predicted molar refractivity (Wildman–Crippen MR) is 84.2 cm³/mol. The number of halogens is 1. The van der Waals surface area contributed by atoms with Crippen molar-refractivity contribution in [3.05, 3.63) is 41.0 Å². The van der Waals surface area contributed by atoms with E-state index in [1.54, 1.807) is 0 Å². The SMILES string of the molecule is C[C@@H]1N[C@@H](C)CN(Cc2cc(Cl)c3ccccc3n2)C1=O. The minimum absolute atomic E-state index is 0.110. The number of pyridine rings is 1. The van der Waals surface area contributed by atoms with Gasteiger partial charge in [0.15, 0.2) is 0 Å². The molecule has 1 fully saturated rings. The van der Waals surface area contributed by atoms with E-state index in [0.29, 0.717) is 18.1 Å². The molecule has 2 heterocycles. The van der Waals surface area contributed by atoms with Crippen LogP contribution in [0.2, 0.25) is 5.02 Å². The fourth-order valence-electron chi connectivity index (χ4n) is 2.85. The zero-order chi connectivity index (χ0) is 15.0. The molecule has 2 atom stereocenters. The number of aromatic nitrogens is 1. The van der Waals surface area contributed by atoms with Crippen molar-refractivity contribution >= 4 is 28.4 Å². The maximum atomic E-state index is 12.2. The highest BCUT2D eigenvalue weighted by molar-refractivity contribution is 6.35. The Balaban J connectivity index is 1.89. The van der Waals surface area contributed by atoms with Crippen molar-refractivity contribution < 1.29 is 4.79 Å². The maximum Gasteiger partial charge on any atom is 0.239 e. The summed E-state index contributed by atoms with van der Waals surface area (Å²) in [5.74, 6) is 0.110. The van der Waals surface area contributed by atoms with Crippen LogP contribution >= 0.6 is 11.6 Å². The zero-order valence-electron chi connectivity index (χ0n) is 12.1. The van der Waals surface area contributed by atoms with Crippen molar-refractivity contribution in [3.63, 3.8) is 0 Å². The highest BCUT2D eigenvalue weighted by Gasteiger charge is 2.28. The van der Waals surface area contributed by atoms with Crippen LogP contribution in [0.5, 0.6) is 0 Å². The molecule has 110 valence electrons. The van der Waals surface area contributed by atoms with Gasteiger partial charge < -0.3 is 10.2 Å². The minimum Gasteiger partial charge on any atom is -0.334 e. The Morgan fingerprint density at radius 1 is 1.38 bits per heavy atom. The average molecular weight is 304 g/mol. The Kier molecular flexibility index (Phi) is 3.83. The molecule has 0 spiro atoms. The van der Waals surface area contributed by atoms with Crippen molar-refractivity contribution in [2.24, 2.45) is 0 Å². The first kappa shape index (κ1) is 14.3. The fourth-order valence-corrected chi connectivity index (χ4v) is 3.13. The molecule has 4 nitrogen and oxygen atoms in total. The Labute approximate surface area is 129 Å². The largest absolute Gasteiger partial charge is 0.334 e. The molecule has 1 aromatic heterocycles. The molecular formula is C16H18ClN3O. The third-order valence-electron chi connectivity index (χ3n) is 3.78. The summed E-state index contributed by atoms with van der Waals surface area (Å²) in [5, 5.41) is 4.87. The molecule has 21 heavy (non-hydrogen) atoms. The van der Waals surface area contributed by atoms with Crippen molar-refractivity contribution in [2.75, 3.05) is 6.54 Å². The van der Waals surface area contributed by atoms with Crippen LogP contribution in [0, 0.1) is 0 Å². The van der Waals surface area contributed by atoms with Gasteiger partial charge in [0.05, 0.1) is 28.8 Å². The van der Waals surface area contributed by atoms with Crippen LogP contribution in [0.4, 0.5) is 0 Å². The minimum atomic E-state index is -0.148. The predicted octanol–water partition coefficient (Wildman–Crippen LogP) is 2.60. The van der Waals surface area contributed by atoms with Gasteiger partial charge in [-0.2, -0.15) is 0 Å². The highest BCUT2D eigenvalue weighted by atomic mass is 35.5. The highest BCUT2D eigenvalue weighted by Crippen LogP contribution is 2.23. The van der Waals surface area contributed by atoms with Crippen LogP contribution < -0.4 is 5.32 Å². The number of carbonyl (C=O) groups is 1. The van der Waals surface area contributed by atoms with Crippen LogP contribution in [0.15, 0.2) is 30.3 Å². The number of nitrogens with zero attached hydrogens (tertiary/aromatic N) is 2. The average Bonchev–Trinajstić information content (AvgIpc) is 2.44. The lowest BCUT2D eigenvalue weighted by Crippen LogP contribution is -2.57. The number of hydrogen-bond acceptors (Lipinski definition) is 3. The van der Waals surface area contributed by atoms with Crippen molar-refractivity contribution in [1.29, 1.82) is 0 Å². The number of nitrogens with one attached hydrogen (secondary N) is 1. The van der Waals surface area contributed by atoms with Gasteiger partial charge in [-0.15, -0.1) is 0 Å². The van der Waals surface area contributed by atoms with Crippen molar-refractivity contribution in [1.82, 2.24) is 15.2 Å². The van der Waals surface area contributed by atoms with Gasteiger partial charge in [0.25, 0.3) is 0 Å². The molecule has 0 aliphatic carbocycles. The quantitative estimate of drug-likeness (QED) is 0.927. The van der Waals surface area contributed by atoms with E-state index in [4.69, 9.17) is 11.6 Å². The number of amides is 1. The maximum absolute atomic E-state index is 12.2. The summed E-state index contributed by atoms with van der Waals surface area (Å²) in [6.07, 6.45) is 0. The summed E-state index contributed by atoms with van der Waals surface area (Å²) in [6.45, 7) is 5.16. The molecule has 1 amide bonds. The van der Waals surface area contributed by atoms with E-state index >= 15 is 0 Å². The van der Waals surface area contributed by atoms with Gasteiger partial charge in [-0.1, -0.05) is 29.8 Å². The summed E-state index contributed by atoms with van der Waals surface area (Å²) < 4.78 is 0. The van der Waals surface area contributed by atoms with Crippen LogP contribution in [0.3, 0.4) is 0 Å². The van der Waals surface area contributed by atoms with Crippen molar-refractivity contribution in [3.8, 4) is 0 Å². The van der Waals surface area contributed by atoms with Crippen LogP contribution in [0.25, 0.3) is 10.9 Å². The zero-order valence-corrected chi connectivity index (χ0v) is 12.9. The van der Waals surface area contributed by atoms with Gasteiger partial charge in [-0.05, 0) is 26.0 Å². The molecule has 1 aromatic carbocycles. The normalized spacial score (nSPS) is 22.8. The molecule has 1 N–H and O–H groups in total. The second-order valence-corrected chi connectivity index (χ2v) is 6.03. The van der Waals surface area contributed by atoms with Gasteiger partial charge in [-0.3, -0.25) is 9.78 Å². The van der Waals surface area contributed by atoms with E-state index in [1.165, 1.54) is 0 Å². The number of fused-ring (bicyclic) bond motifs is 1. The monoisotopic (exact) mass is 303 g/mol. The molecule has 3 rings (SSSR count). The molecule has 0 radical (unpaired) electrons. The van der Waals surface area contributed by atoms with Gasteiger partial charge in [0, 0.05) is 18.0 Å². The number of piperazine rings is 1. The summed E-state index contributed by atoms with van der Waals surface area (Å²) in [7, 11) is 0. The smallest absolute Gasteiger partial charge is 0.239 e. The Morgan fingerprint density at radius 3 is 2.95 bits per heavy atom. The molecular weight excluding hydrogens is 286 g/mol. The van der Waals surface area contributed by atoms with E-state index < -0.39 is 0 Å².